The summed E-state index contributed by atoms with van der Waals surface area (Å²) < 4.78 is 1.63. The number of hydrogen-bond donors (Lipinski definition) is 2. The molecular weight excluding hydrogens is 166 g/mol. The van der Waals surface area contributed by atoms with Gasteiger partial charge in [-0.3, -0.25) is 0 Å². The number of aromatic nitrogens is 2. The summed E-state index contributed by atoms with van der Waals surface area (Å²) in [6.07, 6.45) is 1.77. The number of aliphatic hydroxyl groups excluding tert-OH is 1. The van der Waals surface area contributed by atoms with Crippen LogP contribution in [0.15, 0.2) is 6.20 Å². The number of aliphatic hydroxyl groups is 1. The second kappa shape index (κ2) is 3.38. The monoisotopic (exact) mass is 183 g/mol. The van der Waals surface area contributed by atoms with Crippen LogP contribution in [0, 0.1) is 0 Å². The molecule has 0 saturated heterocycles. The summed E-state index contributed by atoms with van der Waals surface area (Å²) in [5.74, 6) is 0.654. The Kier molecular flexibility index (Phi) is 2.61. The van der Waals surface area contributed by atoms with Crippen molar-refractivity contribution in [1.82, 2.24) is 9.78 Å². The summed E-state index contributed by atoms with van der Waals surface area (Å²) in [6.45, 7) is 6.79. The average Bonchev–Trinajstić information content (AvgIpc) is 2.32. The van der Waals surface area contributed by atoms with Gasteiger partial charge in [0.15, 0.2) is 0 Å². The SMILES string of the molecule is CC(C)(C)c1cnn(CCO)c1N. The summed E-state index contributed by atoms with van der Waals surface area (Å²) in [7, 11) is 0. The summed E-state index contributed by atoms with van der Waals surface area (Å²) in [4.78, 5) is 0. The van der Waals surface area contributed by atoms with E-state index in [-0.39, 0.29) is 12.0 Å². The number of nitrogen functional groups attached to an aromatic ring is 1. The van der Waals surface area contributed by atoms with Gasteiger partial charge in [-0.05, 0) is 5.41 Å². The average molecular weight is 183 g/mol. The molecule has 1 aromatic rings. The van der Waals surface area contributed by atoms with E-state index in [1.807, 2.05) is 0 Å². The molecule has 0 aliphatic heterocycles. The number of anilines is 1. The van der Waals surface area contributed by atoms with E-state index in [4.69, 9.17) is 10.8 Å². The molecule has 1 heterocycles. The first-order chi connectivity index (χ1) is 5.96. The van der Waals surface area contributed by atoms with Crippen LogP contribution in [-0.2, 0) is 12.0 Å². The number of nitrogens with zero attached hydrogens (tertiary/aromatic N) is 2. The molecule has 13 heavy (non-hydrogen) atoms. The van der Waals surface area contributed by atoms with Crippen molar-refractivity contribution in [2.75, 3.05) is 12.3 Å². The van der Waals surface area contributed by atoms with Gasteiger partial charge in [0.05, 0.1) is 19.3 Å². The number of nitrogens with two attached hydrogens (primary N) is 1. The fraction of sp³-hybridized carbons (Fsp3) is 0.667. The van der Waals surface area contributed by atoms with E-state index in [2.05, 4.69) is 25.9 Å². The van der Waals surface area contributed by atoms with Crippen LogP contribution in [0.4, 0.5) is 5.82 Å². The zero-order chi connectivity index (χ0) is 10.1. The predicted molar refractivity (Wildman–Crippen MR) is 52.4 cm³/mol. The van der Waals surface area contributed by atoms with Gasteiger partial charge in [-0.15, -0.1) is 0 Å². The van der Waals surface area contributed by atoms with Crippen molar-refractivity contribution in [2.24, 2.45) is 0 Å². The Balaban J connectivity index is 2.99. The minimum Gasteiger partial charge on any atom is -0.394 e. The normalized spacial score (nSPS) is 12.0. The summed E-state index contributed by atoms with van der Waals surface area (Å²) >= 11 is 0. The molecule has 4 heteroatoms. The molecule has 0 atom stereocenters. The zero-order valence-corrected chi connectivity index (χ0v) is 8.41. The Bertz CT molecular complexity index is 286. The van der Waals surface area contributed by atoms with Gasteiger partial charge < -0.3 is 10.8 Å². The Morgan fingerprint density at radius 2 is 2.15 bits per heavy atom. The van der Waals surface area contributed by atoms with Crippen molar-refractivity contribution in [3.8, 4) is 0 Å². The number of rotatable bonds is 2. The van der Waals surface area contributed by atoms with Crippen LogP contribution in [0.3, 0.4) is 0 Å². The predicted octanol–water partition coefficient (Wildman–Crippen LogP) is 0.755. The lowest BCUT2D eigenvalue weighted by atomic mass is 9.89. The molecule has 4 nitrogen and oxygen atoms in total. The van der Waals surface area contributed by atoms with Gasteiger partial charge in [-0.25, -0.2) is 4.68 Å². The minimum absolute atomic E-state index is 0.0117. The molecule has 0 amide bonds. The minimum atomic E-state index is 0.0117. The van der Waals surface area contributed by atoms with Crippen molar-refractivity contribution in [1.29, 1.82) is 0 Å². The molecule has 0 fully saturated rings. The third-order valence-corrected chi connectivity index (χ3v) is 2.00. The highest BCUT2D eigenvalue weighted by molar-refractivity contribution is 5.43. The molecule has 74 valence electrons. The maximum Gasteiger partial charge on any atom is 0.125 e. The topological polar surface area (TPSA) is 64.1 Å². The molecule has 0 radical (unpaired) electrons. The molecule has 0 unspecified atom stereocenters. The Hall–Kier alpha value is -1.03. The standard InChI is InChI=1S/C9H17N3O/c1-9(2,3)7-6-11-12(4-5-13)8(7)10/h6,13H,4-5,10H2,1-3H3. The zero-order valence-electron chi connectivity index (χ0n) is 8.41. The fourth-order valence-corrected chi connectivity index (χ4v) is 1.25. The van der Waals surface area contributed by atoms with E-state index < -0.39 is 0 Å². The van der Waals surface area contributed by atoms with Crippen LogP contribution in [0.1, 0.15) is 26.3 Å². The lowest BCUT2D eigenvalue weighted by Crippen LogP contribution is -2.15. The van der Waals surface area contributed by atoms with Gasteiger partial charge in [0.2, 0.25) is 0 Å². The molecule has 0 bridgehead atoms. The first-order valence-electron chi connectivity index (χ1n) is 4.39. The van der Waals surface area contributed by atoms with Crippen LogP contribution in [0.25, 0.3) is 0 Å². The largest absolute Gasteiger partial charge is 0.394 e. The maximum atomic E-state index is 8.74. The first kappa shape index (κ1) is 10.1. The molecule has 3 N–H and O–H groups in total. The van der Waals surface area contributed by atoms with Gasteiger partial charge in [0, 0.05) is 5.56 Å². The second-order valence-electron chi connectivity index (χ2n) is 4.14. The maximum absolute atomic E-state index is 8.74. The van der Waals surface area contributed by atoms with Crippen LogP contribution in [0.2, 0.25) is 0 Å². The molecule has 1 aromatic heterocycles. The molecule has 0 aliphatic rings. The van der Waals surface area contributed by atoms with Crippen molar-refractivity contribution >= 4 is 5.82 Å². The molecule has 0 aliphatic carbocycles. The third-order valence-electron chi connectivity index (χ3n) is 2.00. The lowest BCUT2D eigenvalue weighted by Gasteiger charge is -2.17. The van der Waals surface area contributed by atoms with E-state index in [9.17, 15) is 0 Å². The summed E-state index contributed by atoms with van der Waals surface area (Å²) in [5.41, 5.74) is 6.91. The lowest BCUT2D eigenvalue weighted by molar-refractivity contribution is 0.270. The van der Waals surface area contributed by atoms with Crippen molar-refractivity contribution < 1.29 is 5.11 Å². The van der Waals surface area contributed by atoms with Gasteiger partial charge in [-0.2, -0.15) is 5.10 Å². The van der Waals surface area contributed by atoms with Gasteiger partial charge >= 0.3 is 0 Å². The van der Waals surface area contributed by atoms with Crippen molar-refractivity contribution in [2.45, 2.75) is 32.7 Å². The fourth-order valence-electron chi connectivity index (χ4n) is 1.25. The van der Waals surface area contributed by atoms with E-state index >= 15 is 0 Å². The highest BCUT2D eigenvalue weighted by Gasteiger charge is 2.20. The molecular formula is C9H17N3O. The van der Waals surface area contributed by atoms with Gasteiger partial charge in [-0.1, -0.05) is 20.8 Å². The van der Waals surface area contributed by atoms with Crippen LogP contribution in [0.5, 0.6) is 0 Å². The molecule has 0 aromatic carbocycles. The van der Waals surface area contributed by atoms with Crippen LogP contribution >= 0.6 is 0 Å². The highest BCUT2D eigenvalue weighted by atomic mass is 16.3. The van der Waals surface area contributed by atoms with Gasteiger partial charge in [0.25, 0.3) is 0 Å². The van der Waals surface area contributed by atoms with E-state index in [0.29, 0.717) is 12.4 Å². The summed E-state index contributed by atoms with van der Waals surface area (Å²) in [5, 5.41) is 12.8. The van der Waals surface area contributed by atoms with Crippen LogP contribution in [-0.4, -0.2) is 21.5 Å². The molecule has 0 spiro atoms. The van der Waals surface area contributed by atoms with Gasteiger partial charge in [0.1, 0.15) is 5.82 Å². The van der Waals surface area contributed by atoms with Crippen molar-refractivity contribution in [3.05, 3.63) is 11.8 Å². The number of hydrogen-bond acceptors (Lipinski definition) is 3. The van der Waals surface area contributed by atoms with E-state index in [1.54, 1.807) is 10.9 Å². The first-order valence-corrected chi connectivity index (χ1v) is 4.39. The third kappa shape index (κ3) is 2.01. The Morgan fingerprint density at radius 3 is 2.54 bits per heavy atom. The summed E-state index contributed by atoms with van der Waals surface area (Å²) in [6, 6.07) is 0. The van der Waals surface area contributed by atoms with Crippen LogP contribution < -0.4 is 5.73 Å². The molecule has 1 rings (SSSR count). The van der Waals surface area contributed by atoms with E-state index in [0.717, 1.165) is 5.56 Å². The smallest absolute Gasteiger partial charge is 0.125 e. The second-order valence-corrected chi connectivity index (χ2v) is 4.14. The quantitative estimate of drug-likeness (QED) is 0.711. The Morgan fingerprint density at radius 1 is 1.54 bits per heavy atom. The Labute approximate surface area is 78.4 Å². The highest BCUT2D eigenvalue weighted by Crippen LogP contribution is 2.26. The van der Waals surface area contributed by atoms with E-state index in [1.165, 1.54) is 0 Å². The molecule has 0 saturated carbocycles. The van der Waals surface area contributed by atoms with Crippen molar-refractivity contribution in [3.63, 3.8) is 0 Å².